The summed E-state index contributed by atoms with van der Waals surface area (Å²) in [5.41, 5.74) is 1.06. The summed E-state index contributed by atoms with van der Waals surface area (Å²) in [5, 5.41) is 2.21. The number of amides is 3. The van der Waals surface area contributed by atoms with Gasteiger partial charge in [-0.15, -0.1) is 0 Å². The van der Waals surface area contributed by atoms with E-state index < -0.39 is 22.8 Å². The van der Waals surface area contributed by atoms with Gasteiger partial charge in [0.1, 0.15) is 5.75 Å². The van der Waals surface area contributed by atoms with Gasteiger partial charge in [0.15, 0.2) is 0 Å². The molecule has 2 aromatic rings. The largest absolute Gasteiger partial charge is 0.497 e. The molecule has 2 aromatic carbocycles. The van der Waals surface area contributed by atoms with Gasteiger partial charge in [-0.25, -0.2) is 0 Å². The Hall–Kier alpha value is -2.85. The molecule has 0 unspecified atom stereocenters. The molecule has 1 saturated heterocycles. The molecule has 0 aliphatic carbocycles. The van der Waals surface area contributed by atoms with Crippen molar-refractivity contribution in [3.05, 3.63) is 64.6 Å². The maximum atomic E-state index is 12.5. The average molecular weight is 465 g/mol. The lowest BCUT2D eigenvalue weighted by Crippen LogP contribution is -2.37. The molecule has 0 radical (unpaired) electrons. The van der Waals surface area contributed by atoms with E-state index in [2.05, 4.69) is 5.32 Å². The van der Waals surface area contributed by atoms with Crippen LogP contribution < -0.4 is 10.1 Å². The van der Waals surface area contributed by atoms with Crippen LogP contribution in [0.25, 0.3) is 6.08 Å². The quantitative estimate of drug-likeness (QED) is 0.459. The number of thioether (sulfide) groups is 2. The van der Waals surface area contributed by atoms with Crippen LogP contribution in [0.3, 0.4) is 0 Å². The summed E-state index contributed by atoms with van der Waals surface area (Å²) in [6.07, 6.45) is 1.63. The van der Waals surface area contributed by atoms with E-state index in [1.807, 2.05) is 0 Å². The Morgan fingerprint density at radius 3 is 2.45 bits per heavy atom. The Morgan fingerprint density at radius 2 is 1.84 bits per heavy atom. The number of carbonyl (C=O) groups is 3. The number of nitrogens with one attached hydrogen (secondary N) is 1. The SMILES string of the molecule is COc1ccc(/C=C2/SC(=O)N(CCNC(=O)c3ccc(SC(F)F)cc3)C2=O)cc1. The molecular formula is C21H18F2N2O4S2. The van der Waals surface area contributed by atoms with Crippen LogP contribution in [0.1, 0.15) is 15.9 Å². The minimum atomic E-state index is -2.53. The summed E-state index contributed by atoms with van der Waals surface area (Å²) < 4.78 is 29.8. The summed E-state index contributed by atoms with van der Waals surface area (Å²) in [5.74, 6) is -2.69. The minimum Gasteiger partial charge on any atom is -0.497 e. The van der Waals surface area contributed by atoms with Crippen LogP contribution in [0.4, 0.5) is 13.6 Å². The first kappa shape index (κ1) is 22.8. The van der Waals surface area contributed by atoms with Crippen molar-refractivity contribution in [2.75, 3.05) is 20.2 Å². The number of rotatable bonds is 8. The Morgan fingerprint density at radius 1 is 1.16 bits per heavy atom. The summed E-state index contributed by atoms with van der Waals surface area (Å²) in [7, 11) is 1.56. The molecule has 1 aliphatic rings. The van der Waals surface area contributed by atoms with Crippen molar-refractivity contribution in [2.24, 2.45) is 0 Å². The van der Waals surface area contributed by atoms with E-state index in [1.54, 1.807) is 37.5 Å². The van der Waals surface area contributed by atoms with E-state index in [0.29, 0.717) is 32.9 Å². The van der Waals surface area contributed by atoms with Crippen LogP contribution in [0.5, 0.6) is 5.75 Å². The Kier molecular flexibility index (Phi) is 7.69. The predicted octanol–water partition coefficient (Wildman–Crippen LogP) is 4.48. The van der Waals surface area contributed by atoms with Crippen molar-refractivity contribution in [1.82, 2.24) is 10.2 Å². The van der Waals surface area contributed by atoms with E-state index in [9.17, 15) is 23.2 Å². The highest BCUT2D eigenvalue weighted by Gasteiger charge is 2.34. The molecule has 1 aliphatic heterocycles. The summed E-state index contributed by atoms with van der Waals surface area (Å²) in [6.45, 7) is 0.0932. The highest BCUT2D eigenvalue weighted by molar-refractivity contribution is 8.18. The number of hydrogen-bond donors (Lipinski definition) is 1. The van der Waals surface area contributed by atoms with E-state index in [1.165, 1.54) is 24.3 Å². The number of carbonyl (C=O) groups excluding carboxylic acids is 3. The lowest BCUT2D eigenvalue weighted by molar-refractivity contribution is -0.122. The zero-order valence-corrected chi connectivity index (χ0v) is 18.0. The van der Waals surface area contributed by atoms with Crippen molar-refractivity contribution in [1.29, 1.82) is 0 Å². The van der Waals surface area contributed by atoms with Gasteiger partial charge in [-0.3, -0.25) is 19.3 Å². The second-order valence-electron chi connectivity index (χ2n) is 6.27. The number of nitrogens with zero attached hydrogens (tertiary/aromatic N) is 1. The first-order valence-corrected chi connectivity index (χ1v) is 10.8. The highest BCUT2D eigenvalue weighted by atomic mass is 32.2. The van der Waals surface area contributed by atoms with Crippen molar-refractivity contribution in [3.8, 4) is 5.75 Å². The van der Waals surface area contributed by atoms with Crippen LogP contribution in [0.2, 0.25) is 0 Å². The van der Waals surface area contributed by atoms with E-state index >= 15 is 0 Å². The van der Waals surface area contributed by atoms with Crippen molar-refractivity contribution >= 4 is 46.7 Å². The highest BCUT2D eigenvalue weighted by Crippen LogP contribution is 2.32. The topological polar surface area (TPSA) is 75.7 Å². The smallest absolute Gasteiger partial charge is 0.293 e. The van der Waals surface area contributed by atoms with Crippen molar-refractivity contribution in [3.63, 3.8) is 0 Å². The number of halogens is 2. The molecule has 6 nitrogen and oxygen atoms in total. The molecule has 1 heterocycles. The van der Waals surface area contributed by atoms with Crippen molar-refractivity contribution < 1.29 is 27.9 Å². The van der Waals surface area contributed by atoms with Crippen molar-refractivity contribution in [2.45, 2.75) is 10.7 Å². The van der Waals surface area contributed by atoms with Gasteiger partial charge < -0.3 is 10.1 Å². The standard InChI is InChI=1S/C21H18F2N2O4S2/c1-29-15-6-2-13(3-7-15)12-17-19(27)25(21(28)31-17)11-10-24-18(26)14-4-8-16(9-5-14)30-20(22)23/h2-9,12,20H,10-11H2,1H3,(H,24,26)/b17-12+. The normalized spacial score (nSPS) is 15.1. The zero-order valence-electron chi connectivity index (χ0n) is 16.3. The fourth-order valence-corrected chi connectivity index (χ4v) is 4.08. The number of ether oxygens (including phenoxy) is 1. The third-order valence-electron chi connectivity index (χ3n) is 4.25. The average Bonchev–Trinajstić information content (AvgIpc) is 3.01. The molecule has 0 bridgehead atoms. The summed E-state index contributed by atoms with van der Waals surface area (Å²) in [4.78, 5) is 38.6. The molecule has 1 N–H and O–H groups in total. The second kappa shape index (κ2) is 10.5. The molecule has 1 fully saturated rings. The molecule has 3 amide bonds. The number of alkyl halides is 2. The number of methoxy groups -OCH3 is 1. The lowest BCUT2D eigenvalue weighted by Gasteiger charge is -2.13. The number of benzene rings is 2. The summed E-state index contributed by atoms with van der Waals surface area (Å²) in [6, 6.07) is 12.8. The Bertz CT molecular complexity index is 995. The minimum absolute atomic E-state index is 0.0235. The molecule has 0 spiro atoms. The van der Waals surface area contributed by atoms with Gasteiger partial charge in [0.2, 0.25) is 0 Å². The molecule has 3 rings (SSSR count). The first-order valence-electron chi connectivity index (χ1n) is 9.10. The molecule has 10 heteroatoms. The van der Waals surface area contributed by atoms with E-state index in [4.69, 9.17) is 4.74 Å². The fourth-order valence-electron chi connectivity index (χ4n) is 2.72. The lowest BCUT2D eigenvalue weighted by atomic mass is 10.2. The van der Waals surface area contributed by atoms with E-state index in [-0.39, 0.29) is 13.1 Å². The van der Waals surface area contributed by atoms with Crippen LogP contribution in [0.15, 0.2) is 58.3 Å². The number of imide groups is 1. The third kappa shape index (κ3) is 6.08. The Labute approximate surface area is 186 Å². The number of hydrogen-bond acceptors (Lipinski definition) is 6. The maximum absolute atomic E-state index is 12.5. The molecule has 0 aromatic heterocycles. The van der Waals surface area contributed by atoms with Crippen LogP contribution in [-0.4, -0.2) is 47.9 Å². The summed E-state index contributed by atoms with van der Waals surface area (Å²) >= 11 is 1.24. The monoisotopic (exact) mass is 464 g/mol. The van der Waals surface area contributed by atoms with Gasteiger partial charge in [0.25, 0.3) is 22.8 Å². The predicted molar refractivity (Wildman–Crippen MR) is 116 cm³/mol. The van der Waals surface area contributed by atoms with Gasteiger partial charge in [-0.05, 0) is 59.8 Å². The third-order valence-corrected chi connectivity index (χ3v) is 5.88. The molecule has 31 heavy (non-hydrogen) atoms. The van der Waals surface area contributed by atoms with Gasteiger partial charge in [-0.1, -0.05) is 23.9 Å². The Balaban J connectivity index is 1.54. The van der Waals surface area contributed by atoms with Gasteiger partial charge >= 0.3 is 0 Å². The fraction of sp³-hybridized carbons (Fsp3) is 0.190. The van der Waals surface area contributed by atoms with Crippen LogP contribution in [0, 0.1) is 0 Å². The van der Waals surface area contributed by atoms with E-state index in [0.717, 1.165) is 22.2 Å². The maximum Gasteiger partial charge on any atom is 0.293 e. The van der Waals surface area contributed by atoms with Gasteiger partial charge in [0.05, 0.1) is 12.0 Å². The van der Waals surface area contributed by atoms with Crippen LogP contribution in [-0.2, 0) is 4.79 Å². The van der Waals surface area contributed by atoms with Gasteiger partial charge in [-0.2, -0.15) is 8.78 Å². The molecular weight excluding hydrogens is 446 g/mol. The van der Waals surface area contributed by atoms with Crippen LogP contribution >= 0.6 is 23.5 Å². The molecule has 0 atom stereocenters. The second-order valence-corrected chi connectivity index (χ2v) is 8.32. The molecule has 162 valence electrons. The zero-order chi connectivity index (χ0) is 22.4. The van der Waals surface area contributed by atoms with Gasteiger partial charge in [0, 0.05) is 23.5 Å². The molecule has 0 saturated carbocycles. The first-order chi connectivity index (χ1) is 14.9.